The molecule has 0 aliphatic carbocycles. The van der Waals surface area contributed by atoms with Crippen LogP contribution in [0.4, 0.5) is 11.4 Å². The highest BCUT2D eigenvalue weighted by Gasteiger charge is 2.39. The molecule has 0 unspecified atom stereocenters. The van der Waals surface area contributed by atoms with Gasteiger partial charge in [0, 0.05) is 23.8 Å². The Balaban J connectivity index is 2.23. The van der Waals surface area contributed by atoms with Gasteiger partial charge in [0.2, 0.25) is 6.17 Å². The van der Waals surface area contributed by atoms with E-state index in [1.165, 1.54) is 22.3 Å². The fourth-order valence-electron chi connectivity index (χ4n) is 4.69. The first kappa shape index (κ1) is 23.9. The molecule has 1 aliphatic rings. The molecule has 1 aliphatic heterocycles. The highest BCUT2D eigenvalue weighted by atomic mass is 16.4. The van der Waals surface area contributed by atoms with E-state index >= 15 is 0 Å². The van der Waals surface area contributed by atoms with E-state index in [1.807, 2.05) is 22.2 Å². The lowest BCUT2D eigenvalue weighted by Crippen LogP contribution is -2.46. The van der Waals surface area contributed by atoms with Gasteiger partial charge in [0.15, 0.2) is 0 Å². The first-order chi connectivity index (χ1) is 15.1. The van der Waals surface area contributed by atoms with Crippen molar-refractivity contribution in [1.29, 1.82) is 0 Å². The minimum Gasteiger partial charge on any atom is -0.478 e. The number of aliphatic carboxylic acids is 1. The van der Waals surface area contributed by atoms with Gasteiger partial charge in [-0.1, -0.05) is 91.8 Å². The summed E-state index contributed by atoms with van der Waals surface area (Å²) in [6.07, 6.45) is 3.07. The van der Waals surface area contributed by atoms with E-state index in [-0.39, 0.29) is 23.7 Å². The zero-order valence-electron chi connectivity index (χ0n) is 20.8. The summed E-state index contributed by atoms with van der Waals surface area (Å²) in [6.45, 7) is 17.3. The van der Waals surface area contributed by atoms with Crippen LogP contribution in [0.2, 0.25) is 0 Å². The van der Waals surface area contributed by atoms with Gasteiger partial charge in [0.1, 0.15) is 0 Å². The number of carboxylic acids is 1. The predicted octanol–water partition coefficient (Wildman–Crippen LogP) is 7.39. The fourth-order valence-corrected chi connectivity index (χ4v) is 4.69. The van der Waals surface area contributed by atoms with Crippen molar-refractivity contribution in [2.75, 3.05) is 9.80 Å². The van der Waals surface area contributed by atoms with Gasteiger partial charge >= 0.3 is 5.97 Å². The number of hydrogen-bond acceptors (Lipinski definition) is 3. The maximum atomic E-state index is 12.8. The van der Waals surface area contributed by atoms with Crippen molar-refractivity contribution >= 4 is 17.3 Å². The first-order valence-corrected chi connectivity index (χ1v) is 11.8. The SMILES string of the molecule is CC(C)c1cccc(C(C)C)c1N1C=CN(c2c(C(C)C)cccc2C(C)C)C1C(=O)O. The lowest BCUT2D eigenvalue weighted by atomic mass is 9.91. The molecular weight excluding hydrogens is 396 g/mol. The largest absolute Gasteiger partial charge is 0.478 e. The van der Waals surface area contributed by atoms with Crippen LogP contribution in [-0.4, -0.2) is 17.2 Å². The Morgan fingerprint density at radius 2 is 0.938 bits per heavy atom. The highest BCUT2D eigenvalue weighted by molar-refractivity contribution is 5.88. The second kappa shape index (κ2) is 9.40. The van der Waals surface area contributed by atoms with Crippen LogP contribution >= 0.6 is 0 Å². The van der Waals surface area contributed by atoms with Crippen LogP contribution < -0.4 is 9.80 Å². The van der Waals surface area contributed by atoms with Gasteiger partial charge in [-0.05, 0) is 45.9 Å². The molecule has 2 aromatic carbocycles. The molecule has 0 amide bonds. The zero-order chi connectivity index (χ0) is 23.7. The molecule has 4 heteroatoms. The van der Waals surface area contributed by atoms with Gasteiger partial charge in [0.25, 0.3) is 0 Å². The van der Waals surface area contributed by atoms with E-state index in [0.29, 0.717) is 0 Å². The lowest BCUT2D eigenvalue weighted by Gasteiger charge is -2.35. The Kier molecular flexibility index (Phi) is 7.02. The van der Waals surface area contributed by atoms with Gasteiger partial charge in [-0.15, -0.1) is 0 Å². The van der Waals surface area contributed by atoms with Gasteiger partial charge in [-0.2, -0.15) is 0 Å². The normalized spacial score (nSPS) is 14.6. The van der Waals surface area contributed by atoms with Crippen molar-refractivity contribution in [3.63, 3.8) is 0 Å². The Morgan fingerprint density at radius 1 is 0.656 bits per heavy atom. The first-order valence-electron chi connectivity index (χ1n) is 11.8. The summed E-state index contributed by atoms with van der Waals surface area (Å²) in [6, 6.07) is 12.7. The summed E-state index contributed by atoms with van der Waals surface area (Å²) in [5, 5.41) is 10.5. The Bertz CT molecular complexity index is 878. The second-order valence-electron chi connectivity index (χ2n) is 10.0. The standard InChI is InChI=1S/C28H38N2O2/c1-17(2)21-11-9-12-22(18(3)4)25(21)29-15-16-30(27(29)28(31)32)26-23(19(5)6)13-10-14-24(26)20(7)8/h9-20,27H,1-8H3,(H,31,32). The highest BCUT2D eigenvalue weighted by Crippen LogP contribution is 2.43. The summed E-state index contributed by atoms with van der Waals surface area (Å²) in [4.78, 5) is 16.7. The number of benzene rings is 2. The van der Waals surface area contributed by atoms with Crippen molar-refractivity contribution in [2.24, 2.45) is 0 Å². The molecule has 0 aromatic heterocycles. The van der Waals surface area contributed by atoms with Crippen LogP contribution in [0.5, 0.6) is 0 Å². The number of anilines is 2. The summed E-state index contributed by atoms with van der Waals surface area (Å²) >= 11 is 0. The number of carboxylic acid groups (broad SMARTS) is 1. The quantitative estimate of drug-likeness (QED) is 0.493. The van der Waals surface area contributed by atoms with E-state index in [0.717, 1.165) is 11.4 Å². The van der Waals surface area contributed by atoms with Crippen molar-refractivity contribution in [3.8, 4) is 0 Å². The number of rotatable bonds is 7. The molecule has 0 atom stereocenters. The maximum absolute atomic E-state index is 12.8. The molecule has 0 bridgehead atoms. The molecule has 32 heavy (non-hydrogen) atoms. The average molecular weight is 435 g/mol. The molecule has 4 nitrogen and oxygen atoms in total. The van der Waals surface area contributed by atoms with Crippen LogP contribution in [0.3, 0.4) is 0 Å². The summed E-state index contributed by atoms with van der Waals surface area (Å²) in [5.41, 5.74) is 6.75. The van der Waals surface area contributed by atoms with Crippen LogP contribution in [0.15, 0.2) is 48.8 Å². The van der Waals surface area contributed by atoms with Gasteiger partial charge in [-0.3, -0.25) is 0 Å². The molecule has 1 heterocycles. The molecule has 172 valence electrons. The third kappa shape index (κ3) is 4.28. The molecule has 0 saturated heterocycles. The van der Waals surface area contributed by atoms with Crippen LogP contribution in [0.1, 0.15) is 101 Å². The molecule has 3 rings (SSSR count). The van der Waals surface area contributed by atoms with E-state index in [2.05, 4.69) is 91.8 Å². The van der Waals surface area contributed by atoms with Crippen LogP contribution in [0.25, 0.3) is 0 Å². The van der Waals surface area contributed by atoms with E-state index in [4.69, 9.17) is 0 Å². The molecule has 0 fully saturated rings. The van der Waals surface area contributed by atoms with Crippen LogP contribution in [-0.2, 0) is 4.79 Å². The average Bonchev–Trinajstić information content (AvgIpc) is 3.17. The summed E-state index contributed by atoms with van der Waals surface area (Å²) in [7, 11) is 0. The monoisotopic (exact) mass is 434 g/mol. The lowest BCUT2D eigenvalue weighted by molar-refractivity contribution is -0.138. The van der Waals surface area contributed by atoms with Crippen molar-refractivity contribution in [3.05, 3.63) is 71.1 Å². The molecule has 1 N–H and O–H groups in total. The molecule has 0 saturated carbocycles. The van der Waals surface area contributed by atoms with E-state index in [1.54, 1.807) is 0 Å². The number of nitrogens with zero attached hydrogens (tertiary/aromatic N) is 2. The minimum atomic E-state index is -0.850. The Labute approximate surface area is 193 Å². The van der Waals surface area contributed by atoms with Gasteiger partial charge < -0.3 is 14.9 Å². The maximum Gasteiger partial charge on any atom is 0.348 e. The van der Waals surface area contributed by atoms with Gasteiger partial charge in [-0.25, -0.2) is 4.79 Å². The van der Waals surface area contributed by atoms with Crippen molar-refractivity contribution in [1.82, 2.24) is 0 Å². The number of carbonyl (C=O) groups is 1. The summed E-state index contributed by atoms with van der Waals surface area (Å²) < 4.78 is 0. The smallest absolute Gasteiger partial charge is 0.348 e. The molecule has 2 aromatic rings. The van der Waals surface area contributed by atoms with Crippen LogP contribution in [0, 0.1) is 0 Å². The third-order valence-corrected chi connectivity index (χ3v) is 6.34. The van der Waals surface area contributed by atoms with E-state index < -0.39 is 12.1 Å². The number of para-hydroxylation sites is 2. The molecule has 0 spiro atoms. The van der Waals surface area contributed by atoms with E-state index in [9.17, 15) is 9.90 Å². The Hall–Kier alpha value is -2.75. The summed E-state index contributed by atoms with van der Waals surface area (Å²) in [5.74, 6) is 0.297. The topological polar surface area (TPSA) is 43.8 Å². The second-order valence-corrected chi connectivity index (χ2v) is 10.0. The van der Waals surface area contributed by atoms with Gasteiger partial charge in [0.05, 0.1) is 0 Å². The predicted molar refractivity (Wildman–Crippen MR) is 135 cm³/mol. The molecule has 0 radical (unpaired) electrons. The molecular formula is C28H38N2O2. The number of hydrogen-bond donors (Lipinski definition) is 1. The van der Waals surface area contributed by atoms with Crippen molar-refractivity contribution < 1.29 is 9.90 Å². The fraction of sp³-hybridized carbons (Fsp3) is 0.464. The zero-order valence-corrected chi connectivity index (χ0v) is 20.8. The third-order valence-electron chi connectivity index (χ3n) is 6.34. The Morgan fingerprint density at radius 3 is 1.16 bits per heavy atom. The minimum absolute atomic E-state index is 0.287. The van der Waals surface area contributed by atoms with Crippen molar-refractivity contribution in [2.45, 2.75) is 85.2 Å².